The van der Waals surface area contributed by atoms with Crippen LogP contribution in [0.2, 0.25) is 0 Å². The van der Waals surface area contributed by atoms with Crippen molar-refractivity contribution in [1.82, 2.24) is 0 Å². The Morgan fingerprint density at radius 2 is 1.47 bits per heavy atom. The second kappa shape index (κ2) is 4.95. The van der Waals surface area contributed by atoms with Crippen LogP contribution in [0, 0.1) is 11.6 Å². The van der Waals surface area contributed by atoms with Gasteiger partial charge in [0.2, 0.25) is 0 Å². The predicted molar refractivity (Wildman–Crippen MR) is 64.8 cm³/mol. The van der Waals surface area contributed by atoms with Crippen LogP contribution < -0.4 is 5.32 Å². The zero-order chi connectivity index (χ0) is 12.3. The molecule has 0 aliphatic heterocycles. The summed E-state index contributed by atoms with van der Waals surface area (Å²) >= 11 is 0. The van der Waals surface area contributed by atoms with E-state index in [0.717, 1.165) is 5.56 Å². The summed E-state index contributed by atoms with van der Waals surface area (Å²) in [6.07, 6.45) is 0. The van der Waals surface area contributed by atoms with Gasteiger partial charge in [0.15, 0.2) is 0 Å². The molecule has 2 rings (SSSR count). The number of hydrogen-bond acceptors (Lipinski definition) is 1. The SMILES string of the molecule is CC(Nc1c(F)cccc1F)c1ccccc1. The van der Waals surface area contributed by atoms with Crippen LogP contribution in [0.1, 0.15) is 18.5 Å². The number of nitrogens with one attached hydrogen (secondary N) is 1. The highest BCUT2D eigenvalue weighted by molar-refractivity contribution is 5.48. The van der Waals surface area contributed by atoms with Gasteiger partial charge in [-0.25, -0.2) is 8.78 Å². The third-order valence-corrected chi connectivity index (χ3v) is 2.62. The van der Waals surface area contributed by atoms with Gasteiger partial charge in [-0.1, -0.05) is 36.4 Å². The largest absolute Gasteiger partial charge is 0.374 e. The highest BCUT2D eigenvalue weighted by Crippen LogP contribution is 2.23. The van der Waals surface area contributed by atoms with Gasteiger partial charge in [0.25, 0.3) is 0 Å². The summed E-state index contributed by atoms with van der Waals surface area (Å²) < 4.78 is 26.8. The molecule has 0 radical (unpaired) electrons. The van der Waals surface area contributed by atoms with Gasteiger partial charge in [0.05, 0.1) is 0 Å². The summed E-state index contributed by atoms with van der Waals surface area (Å²) in [4.78, 5) is 0. The Bertz CT molecular complexity index is 477. The second-order valence-corrected chi connectivity index (χ2v) is 3.87. The summed E-state index contributed by atoms with van der Waals surface area (Å²) in [5.41, 5.74) is 0.902. The van der Waals surface area contributed by atoms with Crippen molar-refractivity contribution >= 4 is 5.69 Å². The van der Waals surface area contributed by atoms with Gasteiger partial charge in [-0.15, -0.1) is 0 Å². The zero-order valence-electron chi connectivity index (χ0n) is 9.45. The topological polar surface area (TPSA) is 12.0 Å². The van der Waals surface area contributed by atoms with Gasteiger partial charge in [-0.05, 0) is 24.6 Å². The van der Waals surface area contributed by atoms with Crippen LogP contribution in [-0.2, 0) is 0 Å². The lowest BCUT2D eigenvalue weighted by Crippen LogP contribution is -2.09. The number of rotatable bonds is 3. The molecule has 0 aliphatic rings. The first-order chi connectivity index (χ1) is 8.18. The molecule has 1 unspecified atom stereocenters. The quantitative estimate of drug-likeness (QED) is 0.840. The summed E-state index contributed by atoms with van der Waals surface area (Å²) in [6.45, 7) is 1.86. The summed E-state index contributed by atoms with van der Waals surface area (Å²) in [6, 6.07) is 13.2. The van der Waals surface area contributed by atoms with Crippen molar-refractivity contribution in [3.05, 3.63) is 65.7 Å². The van der Waals surface area contributed by atoms with Crippen LogP contribution >= 0.6 is 0 Å². The molecule has 0 heterocycles. The molecule has 3 heteroatoms. The Balaban J connectivity index is 2.22. The molecule has 1 N–H and O–H groups in total. The minimum atomic E-state index is -0.576. The third kappa shape index (κ3) is 2.61. The molecule has 0 amide bonds. The molecular formula is C14H13F2N. The van der Waals surface area contributed by atoms with Gasteiger partial charge in [-0.3, -0.25) is 0 Å². The number of anilines is 1. The van der Waals surface area contributed by atoms with E-state index in [1.165, 1.54) is 18.2 Å². The lowest BCUT2D eigenvalue weighted by atomic mass is 10.1. The standard InChI is InChI=1S/C14H13F2N/c1-10(11-6-3-2-4-7-11)17-14-12(15)8-5-9-13(14)16/h2-10,17H,1H3. The smallest absolute Gasteiger partial charge is 0.149 e. The van der Waals surface area contributed by atoms with Crippen molar-refractivity contribution < 1.29 is 8.78 Å². The van der Waals surface area contributed by atoms with E-state index in [-0.39, 0.29) is 11.7 Å². The zero-order valence-corrected chi connectivity index (χ0v) is 9.45. The van der Waals surface area contributed by atoms with Gasteiger partial charge in [0.1, 0.15) is 17.3 Å². The van der Waals surface area contributed by atoms with Crippen molar-refractivity contribution in [1.29, 1.82) is 0 Å². The molecule has 2 aromatic rings. The molecule has 1 atom stereocenters. The Morgan fingerprint density at radius 3 is 2.06 bits per heavy atom. The molecule has 0 saturated carbocycles. The van der Waals surface area contributed by atoms with Crippen molar-refractivity contribution in [3.63, 3.8) is 0 Å². The molecular weight excluding hydrogens is 220 g/mol. The first-order valence-electron chi connectivity index (χ1n) is 5.44. The minimum absolute atomic E-state index is 0.0798. The van der Waals surface area contributed by atoms with Gasteiger partial charge < -0.3 is 5.32 Å². The normalized spacial score (nSPS) is 12.2. The highest BCUT2D eigenvalue weighted by Gasteiger charge is 2.11. The fourth-order valence-corrected chi connectivity index (χ4v) is 1.68. The van der Waals surface area contributed by atoms with E-state index >= 15 is 0 Å². The number of hydrogen-bond donors (Lipinski definition) is 1. The molecule has 0 aliphatic carbocycles. The maximum atomic E-state index is 13.4. The molecule has 0 bridgehead atoms. The Kier molecular flexibility index (Phi) is 3.38. The maximum Gasteiger partial charge on any atom is 0.149 e. The summed E-state index contributed by atoms with van der Waals surface area (Å²) in [5, 5.41) is 2.84. The molecule has 0 spiro atoms. The van der Waals surface area contributed by atoms with Gasteiger partial charge in [-0.2, -0.15) is 0 Å². The average Bonchev–Trinajstić information content (AvgIpc) is 2.35. The van der Waals surface area contributed by atoms with E-state index in [0.29, 0.717) is 0 Å². The lowest BCUT2D eigenvalue weighted by Gasteiger charge is -2.16. The highest BCUT2D eigenvalue weighted by atomic mass is 19.1. The van der Waals surface area contributed by atoms with E-state index in [9.17, 15) is 8.78 Å². The molecule has 88 valence electrons. The van der Waals surface area contributed by atoms with Crippen molar-refractivity contribution in [3.8, 4) is 0 Å². The van der Waals surface area contributed by atoms with Gasteiger partial charge in [0, 0.05) is 6.04 Å². The Hall–Kier alpha value is -1.90. The maximum absolute atomic E-state index is 13.4. The molecule has 2 aromatic carbocycles. The Labute approximate surface area is 99.1 Å². The fraction of sp³-hybridized carbons (Fsp3) is 0.143. The van der Waals surface area contributed by atoms with Crippen molar-refractivity contribution in [2.75, 3.05) is 5.32 Å². The first kappa shape index (κ1) is 11.6. The van der Waals surface area contributed by atoms with Crippen LogP contribution in [0.25, 0.3) is 0 Å². The predicted octanol–water partition coefficient (Wildman–Crippen LogP) is 4.14. The van der Waals surface area contributed by atoms with E-state index < -0.39 is 11.6 Å². The molecule has 0 aromatic heterocycles. The van der Waals surface area contributed by atoms with Crippen LogP contribution in [0.4, 0.5) is 14.5 Å². The van der Waals surface area contributed by atoms with Crippen LogP contribution in [0.5, 0.6) is 0 Å². The van der Waals surface area contributed by atoms with E-state index in [4.69, 9.17) is 0 Å². The number of para-hydroxylation sites is 1. The number of benzene rings is 2. The van der Waals surface area contributed by atoms with E-state index in [1.54, 1.807) is 0 Å². The summed E-state index contributed by atoms with van der Waals surface area (Å²) in [5.74, 6) is -1.15. The van der Waals surface area contributed by atoms with Crippen LogP contribution in [-0.4, -0.2) is 0 Å². The van der Waals surface area contributed by atoms with E-state index in [1.807, 2.05) is 37.3 Å². The third-order valence-electron chi connectivity index (χ3n) is 2.62. The minimum Gasteiger partial charge on any atom is -0.374 e. The molecule has 0 fully saturated rings. The fourth-order valence-electron chi connectivity index (χ4n) is 1.68. The molecule has 17 heavy (non-hydrogen) atoms. The van der Waals surface area contributed by atoms with Crippen LogP contribution in [0.15, 0.2) is 48.5 Å². The lowest BCUT2D eigenvalue weighted by molar-refractivity contribution is 0.584. The first-order valence-corrected chi connectivity index (χ1v) is 5.44. The van der Waals surface area contributed by atoms with Crippen molar-refractivity contribution in [2.45, 2.75) is 13.0 Å². The monoisotopic (exact) mass is 233 g/mol. The van der Waals surface area contributed by atoms with Gasteiger partial charge >= 0.3 is 0 Å². The van der Waals surface area contributed by atoms with Crippen LogP contribution in [0.3, 0.4) is 0 Å². The molecule has 0 saturated heterocycles. The van der Waals surface area contributed by atoms with E-state index in [2.05, 4.69) is 5.32 Å². The Morgan fingerprint density at radius 1 is 0.882 bits per heavy atom. The number of halogens is 2. The summed E-state index contributed by atoms with van der Waals surface area (Å²) in [7, 11) is 0. The second-order valence-electron chi connectivity index (χ2n) is 3.87. The van der Waals surface area contributed by atoms with Crippen molar-refractivity contribution in [2.24, 2.45) is 0 Å². The average molecular weight is 233 g/mol. The molecule has 1 nitrogen and oxygen atoms in total.